The molecule has 7 heteroatoms. The maximum atomic E-state index is 13.0. The van der Waals surface area contributed by atoms with Crippen molar-refractivity contribution >= 4 is 44.7 Å². The van der Waals surface area contributed by atoms with Crippen molar-refractivity contribution in [2.75, 3.05) is 5.32 Å². The molecule has 3 aromatic rings. The van der Waals surface area contributed by atoms with Gasteiger partial charge in [-0.1, -0.05) is 36.9 Å². The summed E-state index contributed by atoms with van der Waals surface area (Å²) in [7, 11) is 0. The number of fused-ring (bicyclic) bond motifs is 1. The van der Waals surface area contributed by atoms with Gasteiger partial charge in [0.1, 0.15) is 10.2 Å². The van der Waals surface area contributed by atoms with Gasteiger partial charge >= 0.3 is 0 Å². The number of hydrogen-bond donors (Lipinski definition) is 1. The Balaban J connectivity index is 1.71. The molecule has 0 spiro atoms. The van der Waals surface area contributed by atoms with Gasteiger partial charge in [-0.2, -0.15) is 0 Å². The quantitative estimate of drug-likeness (QED) is 0.657. The Morgan fingerprint density at radius 3 is 2.81 bits per heavy atom. The van der Waals surface area contributed by atoms with E-state index in [-0.39, 0.29) is 17.5 Å². The van der Waals surface area contributed by atoms with Crippen molar-refractivity contribution in [1.82, 2.24) is 9.55 Å². The van der Waals surface area contributed by atoms with E-state index in [2.05, 4.69) is 10.3 Å². The van der Waals surface area contributed by atoms with E-state index >= 15 is 0 Å². The second kappa shape index (κ2) is 7.44. The summed E-state index contributed by atoms with van der Waals surface area (Å²) in [6.45, 7) is 1.85. The molecule has 2 aromatic heterocycles. The topological polar surface area (TPSA) is 64.0 Å². The summed E-state index contributed by atoms with van der Waals surface area (Å²) >= 11 is 7.33. The summed E-state index contributed by atoms with van der Waals surface area (Å²) in [4.78, 5) is 31.1. The van der Waals surface area contributed by atoms with Crippen molar-refractivity contribution < 1.29 is 4.79 Å². The third kappa shape index (κ3) is 3.51. The monoisotopic (exact) mass is 401 g/mol. The largest absolute Gasteiger partial charge is 0.322 e. The van der Waals surface area contributed by atoms with Crippen molar-refractivity contribution in [1.29, 1.82) is 0 Å². The van der Waals surface area contributed by atoms with E-state index in [1.165, 1.54) is 17.8 Å². The summed E-state index contributed by atoms with van der Waals surface area (Å²) in [5, 5.41) is 3.40. The van der Waals surface area contributed by atoms with Gasteiger partial charge in [-0.25, -0.2) is 4.98 Å². The summed E-state index contributed by atoms with van der Waals surface area (Å²) < 4.78 is 2.31. The molecule has 1 aromatic carbocycles. The molecule has 0 atom stereocenters. The van der Waals surface area contributed by atoms with E-state index in [1.54, 1.807) is 35.2 Å². The van der Waals surface area contributed by atoms with Crippen LogP contribution in [0.4, 0.5) is 5.69 Å². The first-order chi connectivity index (χ1) is 13.0. The summed E-state index contributed by atoms with van der Waals surface area (Å²) in [5.74, 6) is -0.275. The summed E-state index contributed by atoms with van der Waals surface area (Å²) in [6.07, 6.45) is 7.16. The standard InChI is InChI=1S/C20H20ClN3O2S/c1-12-16(19(25)23-14-7-5-6-13(21)10-14)17-18(27-12)20(26)24(11-22-17)15-8-3-2-4-9-15/h5-7,10-11,15H,2-4,8-9H2,1H3,(H,23,25). The van der Waals surface area contributed by atoms with Crippen molar-refractivity contribution in [3.05, 3.63) is 56.4 Å². The van der Waals surface area contributed by atoms with Crippen LogP contribution in [0.15, 0.2) is 35.4 Å². The fourth-order valence-corrected chi connectivity index (χ4v) is 4.97. The Morgan fingerprint density at radius 1 is 1.30 bits per heavy atom. The number of carbonyl (C=O) groups excluding carboxylic acids is 1. The number of nitrogens with one attached hydrogen (secondary N) is 1. The third-order valence-corrected chi connectivity index (χ3v) is 6.39. The van der Waals surface area contributed by atoms with Gasteiger partial charge in [0.05, 0.1) is 11.9 Å². The number of aryl methyl sites for hydroxylation is 1. The number of thiophene rings is 1. The minimum absolute atomic E-state index is 0.0400. The first kappa shape index (κ1) is 18.2. The molecule has 27 heavy (non-hydrogen) atoms. The van der Waals surface area contributed by atoms with E-state index < -0.39 is 0 Å². The minimum Gasteiger partial charge on any atom is -0.322 e. The number of anilines is 1. The zero-order valence-electron chi connectivity index (χ0n) is 15.0. The highest BCUT2D eigenvalue weighted by molar-refractivity contribution is 7.19. The number of carbonyl (C=O) groups is 1. The lowest BCUT2D eigenvalue weighted by atomic mass is 9.95. The predicted octanol–water partition coefficient (Wildman–Crippen LogP) is 5.18. The third-order valence-electron chi connectivity index (χ3n) is 5.08. The number of halogens is 1. The molecule has 0 saturated heterocycles. The molecule has 1 saturated carbocycles. The average Bonchev–Trinajstić information content (AvgIpc) is 3.00. The Labute approximate surface area is 166 Å². The van der Waals surface area contributed by atoms with Gasteiger partial charge in [0, 0.05) is 21.6 Å². The van der Waals surface area contributed by atoms with Crippen molar-refractivity contribution in [3.63, 3.8) is 0 Å². The number of benzene rings is 1. The maximum Gasteiger partial charge on any atom is 0.271 e. The Morgan fingerprint density at radius 2 is 2.07 bits per heavy atom. The smallest absolute Gasteiger partial charge is 0.271 e. The van der Waals surface area contributed by atoms with Gasteiger partial charge in [-0.3, -0.25) is 14.2 Å². The number of amides is 1. The van der Waals surface area contributed by atoms with Crippen LogP contribution in [0, 0.1) is 6.92 Å². The van der Waals surface area contributed by atoms with Gasteiger partial charge in [0.2, 0.25) is 0 Å². The van der Waals surface area contributed by atoms with Crippen LogP contribution in [-0.2, 0) is 0 Å². The number of rotatable bonds is 3. The highest BCUT2D eigenvalue weighted by Gasteiger charge is 2.23. The minimum atomic E-state index is -0.275. The predicted molar refractivity (Wildman–Crippen MR) is 110 cm³/mol. The number of aromatic nitrogens is 2. The van der Waals surface area contributed by atoms with Crippen LogP contribution in [-0.4, -0.2) is 15.5 Å². The maximum absolute atomic E-state index is 13.0. The normalized spacial score (nSPS) is 15.2. The van der Waals surface area contributed by atoms with E-state index in [0.717, 1.165) is 30.6 Å². The first-order valence-corrected chi connectivity index (χ1v) is 10.3. The molecular weight excluding hydrogens is 382 g/mol. The van der Waals surface area contributed by atoms with E-state index in [4.69, 9.17) is 11.6 Å². The van der Waals surface area contributed by atoms with E-state index in [9.17, 15) is 9.59 Å². The summed E-state index contributed by atoms with van der Waals surface area (Å²) in [6, 6.07) is 7.20. The number of nitrogens with zero attached hydrogens (tertiary/aromatic N) is 2. The van der Waals surface area contributed by atoms with Crippen molar-refractivity contribution in [3.8, 4) is 0 Å². The molecule has 1 N–H and O–H groups in total. The van der Waals surface area contributed by atoms with Crippen LogP contribution in [0.1, 0.15) is 53.4 Å². The molecule has 140 valence electrons. The molecule has 0 aliphatic heterocycles. The Bertz CT molecular complexity index is 1070. The van der Waals surface area contributed by atoms with Gasteiger partial charge in [0.25, 0.3) is 11.5 Å². The molecule has 2 heterocycles. The molecule has 1 aliphatic rings. The Hall–Kier alpha value is -2.18. The van der Waals surface area contributed by atoms with Crippen LogP contribution >= 0.6 is 22.9 Å². The summed E-state index contributed by atoms with van der Waals surface area (Å²) in [5.41, 5.74) is 1.51. The molecule has 4 rings (SSSR count). The lowest BCUT2D eigenvalue weighted by Gasteiger charge is -2.23. The van der Waals surface area contributed by atoms with Crippen LogP contribution in [0.5, 0.6) is 0 Å². The van der Waals surface area contributed by atoms with E-state index in [1.807, 2.05) is 6.92 Å². The SMILES string of the molecule is Cc1sc2c(=O)n(C3CCCCC3)cnc2c1C(=O)Nc1cccc(Cl)c1. The van der Waals surface area contributed by atoms with Crippen LogP contribution in [0.3, 0.4) is 0 Å². The van der Waals surface area contributed by atoms with Crippen LogP contribution < -0.4 is 10.9 Å². The molecule has 0 bridgehead atoms. The Kier molecular flexibility index (Phi) is 5.02. The molecule has 1 amide bonds. The second-order valence-electron chi connectivity index (χ2n) is 6.92. The fraction of sp³-hybridized carbons (Fsp3) is 0.350. The zero-order chi connectivity index (χ0) is 19.0. The fourth-order valence-electron chi connectivity index (χ4n) is 3.74. The molecular formula is C20H20ClN3O2S. The van der Waals surface area contributed by atoms with Crippen LogP contribution in [0.2, 0.25) is 5.02 Å². The molecule has 5 nitrogen and oxygen atoms in total. The van der Waals surface area contributed by atoms with E-state index in [0.29, 0.717) is 26.5 Å². The number of hydrogen-bond acceptors (Lipinski definition) is 4. The van der Waals surface area contributed by atoms with Crippen molar-refractivity contribution in [2.45, 2.75) is 45.1 Å². The van der Waals surface area contributed by atoms with Crippen LogP contribution in [0.25, 0.3) is 10.2 Å². The van der Waals surface area contributed by atoms with Gasteiger partial charge < -0.3 is 5.32 Å². The lowest BCUT2D eigenvalue weighted by molar-refractivity contribution is 0.102. The molecule has 0 radical (unpaired) electrons. The van der Waals surface area contributed by atoms with Gasteiger partial charge in [0.15, 0.2) is 0 Å². The molecule has 1 fully saturated rings. The molecule has 0 unspecified atom stereocenters. The van der Waals surface area contributed by atoms with Crippen molar-refractivity contribution in [2.24, 2.45) is 0 Å². The first-order valence-electron chi connectivity index (χ1n) is 9.12. The highest BCUT2D eigenvalue weighted by Crippen LogP contribution is 2.31. The zero-order valence-corrected chi connectivity index (χ0v) is 16.6. The van der Waals surface area contributed by atoms with Gasteiger partial charge in [-0.05, 0) is 38.0 Å². The highest BCUT2D eigenvalue weighted by atomic mass is 35.5. The second-order valence-corrected chi connectivity index (χ2v) is 8.59. The van der Waals surface area contributed by atoms with Gasteiger partial charge in [-0.15, -0.1) is 11.3 Å². The molecule has 1 aliphatic carbocycles. The lowest BCUT2D eigenvalue weighted by Crippen LogP contribution is -2.26. The average molecular weight is 402 g/mol.